The summed E-state index contributed by atoms with van der Waals surface area (Å²) < 4.78 is 5.39. The van der Waals surface area contributed by atoms with E-state index in [0.717, 1.165) is 0 Å². The fourth-order valence-corrected chi connectivity index (χ4v) is 1.79. The largest absolute Gasteiger partial charge is 0.377 e. The predicted octanol–water partition coefficient (Wildman–Crippen LogP) is 1.08. The van der Waals surface area contributed by atoms with Crippen molar-refractivity contribution in [3.63, 3.8) is 0 Å². The van der Waals surface area contributed by atoms with Crippen LogP contribution in [0.2, 0.25) is 0 Å². The number of nitrogens with one attached hydrogen (secondary N) is 1. The van der Waals surface area contributed by atoms with Gasteiger partial charge in [-0.15, -0.1) is 10.2 Å². The number of rotatable bonds is 6. The minimum atomic E-state index is -0.128. The van der Waals surface area contributed by atoms with Crippen molar-refractivity contribution >= 4 is 22.4 Å². The summed E-state index contributed by atoms with van der Waals surface area (Å²) in [6.45, 7) is 5.00. The molecule has 1 N–H and O–H groups in total. The average Bonchev–Trinajstić information content (AvgIpc) is 2.75. The summed E-state index contributed by atoms with van der Waals surface area (Å²) in [4.78, 5) is 13.5. The minimum absolute atomic E-state index is 0.128. The zero-order valence-electron chi connectivity index (χ0n) is 10.6. The van der Waals surface area contributed by atoms with Gasteiger partial charge >= 0.3 is 0 Å². The van der Waals surface area contributed by atoms with Crippen molar-refractivity contribution in [1.82, 2.24) is 15.1 Å². The standard InChI is InChI=1S/C10H18N4O2S/c1-7(2)16-6-5-14(4)9(15)8-12-13-10(11-3)17-8/h7H,5-6H2,1-4H3,(H,11,13). The molecule has 0 saturated heterocycles. The zero-order valence-corrected chi connectivity index (χ0v) is 11.4. The molecule has 0 aromatic carbocycles. The van der Waals surface area contributed by atoms with E-state index >= 15 is 0 Å². The number of ether oxygens (including phenoxy) is 1. The number of carbonyl (C=O) groups excluding carboxylic acids is 1. The minimum Gasteiger partial charge on any atom is -0.377 e. The Labute approximate surface area is 105 Å². The molecule has 1 heterocycles. The van der Waals surface area contributed by atoms with Gasteiger partial charge in [0, 0.05) is 20.6 Å². The van der Waals surface area contributed by atoms with E-state index in [1.165, 1.54) is 11.3 Å². The Kier molecular flexibility index (Phi) is 5.30. The number of hydrogen-bond donors (Lipinski definition) is 1. The Bertz CT molecular complexity index is 367. The van der Waals surface area contributed by atoms with Gasteiger partial charge in [0.2, 0.25) is 10.1 Å². The van der Waals surface area contributed by atoms with Gasteiger partial charge in [0.15, 0.2) is 0 Å². The molecule has 0 bridgehead atoms. The third kappa shape index (κ3) is 4.27. The highest BCUT2D eigenvalue weighted by atomic mass is 32.1. The summed E-state index contributed by atoms with van der Waals surface area (Å²) in [6.07, 6.45) is 0.177. The highest BCUT2D eigenvalue weighted by molar-refractivity contribution is 7.17. The van der Waals surface area contributed by atoms with E-state index in [2.05, 4.69) is 15.5 Å². The third-order valence-corrected chi connectivity index (χ3v) is 2.98. The van der Waals surface area contributed by atoms with Crippen LogP contribution >= 0.6 is 11.3 Å². The number of hydrogen-bond acceptors (Lipinski definition) is 6. The van der Waals surface area contributed by atoms with E-state index < -0.39 is 0 Å². The van der Waals surface area contributed by atoms with Gasteiger partial charge in [-0.05, 0) is 13.8 Å². The molecule has 1 aromatic rings. The molecule has 7 heteroatoms. The van der Waals surface area contributed by atoms with E-state index in [4.69, 9.17) is 4.74 Å². The van der Waals surface area contributed by atoms with Gasteiger partial charge < -0.3 is 15.0 Å². The van der Waals surface area contributed by atoms with Crippen molar-refractivity contribution in [3.05, 3.63) is 5.01 Å². The molecule has 0 aliphatic rings. The Hall–Kier alpha value is -1.21. The van der Waals surface area contributed by atoms with E-state index in [9.17, 15) is 4.79 Å². The molecule has 0 aliphatic carbocycles. The fraction of sp³-hybridized carbons (Fsp3) is 0.700. The SMILES string of the molecule is CNc1nnc(C(=O)N(C)CCOC(C)C)s1. The highest BCUT2D eigenvalue weighted by Gasteiger charge is 2.16. The molecule has 0 radical (unpaired) electrons. The first-order valence-electron chi connectivity index (χ1n) is 5.43. The second-order valence-electron chi connectivity index (χ2n) is 3.81. The lowest BCUT2D eigenvalue weighted by Crippen LogP contribution is -2.30. The van der Waals surface area contributed by atoms with E-state index in [0.29, 0.717) is 23.3 Å². The van der Waals surface area contributed by atoms with Gasteiger partial charge in [-0.3, -0.25) is 4.79 Å². The number of aromatic nitrogens is 2. The molecule has 1 amide bonds. The summed E-state index contributed by atoms with van der Waals surface area (Å²) in [6, 6.07) is 0. The van der Waals surface area contributed by atoms with Crippen LogP contribution in [0, 0.1) is 0 Å². The van der Waals surface area contributed by atoms with Crippen molar-refractivity contribution in [2.45, 2.75) is 20.0 Å². The topological polar surface area (TPSA) is 67.4 Å². The van der Waals surface area contributed by atoms with Crippen LogP contribution in [0.3, 0.4) is 0 Å². The predicted molar refractivity (Wildman–Crippen MR) is 67.5 cm³/mol. The van der Waals surface area contributed by atoms with Crippen LogP contribution < -0.4 is 5.32 Å². The quantitative estimate of drug-likeness (QED) is 0.827. The number of carbonyl (C=O) groups is 1. The molecule has 0 spiro atoms. The summed E-state index contributed by atoms with van der Waals surface area (Å²) in [7, 11) is 3.47. The molecule has 0 aliphatic heterocycles. The number of amides is 1. The molecular formula is C10H18N4O2S. The van der Waals surface area contributed by atoms with Gasteiger partial charge in [0.1, 0.15) is 0 Å². The summed E-state index contributed by atoms with van der Waals surface area (Å²) in [5.41, 5.74) is 0. The monoisotopic (exact) mass is 258 g/mol. The molecule has 0 fully saturated rings. The van der Waals surface area contributed by atoms with Crippen LogP contribution in [-0.4, -0.2) is 54.4 Å². The van der Waals surface area contributed by atoms with Crippen molar-refractivity contribution < 1.29 is 9.53 Å². The van der Waals surface area contributed by atoms with Gasteiger partial charge in [-0.25, -0.2) is 0 Å². The molecule has 0 saturated carbocycles. The summed E-state index contributed by atoms with van der Waals surface area (Å²) in [5.74, 6) is -0.128. The fourth-order valence-electron chi connectivity index (χ4n) is 1.10. The lowest BCUT2D eigenvalue weighted by molar-refractivity contribution is 0.0531. The lowest BCUT2D eigenvalue weighted by atomic mass is 10.4. The smallest absolute Gasteiger partial charge is 0.284 e. The van der Waals surface area contributed by atoms with E-state index in [-0.39, 0.29) is 12.0 Å². The molecule has 0 unspecified atom stereocenters. The van der Waals surface area contributed by atoms with E-state index in [1.807, 2.05) is 13.8 Å². The maximum Gasteiger partial charge on any atom is 0.284 e. The Morgan fingerprint density at radius 2 is 2.24 bits per heavy atom. The first kappa shape index (κ1) is 13.9. The normalized spacial score (nSPS) is 10.6. The maximum absolute atomic E-state index is 11.9. The molecule has 1 rings (SSSR count). The van der Waals surface area contributed by atoms with Crippen molar-refractivity contribution in [3.8, 4) is 0 Å². The van der Waals surface area contributed by atoms with Gasteiger partial charge in [0.25, 0.3) is 5.91 Å². The molecular weight excluding hydrogens is 240 g/mol. The van der Waals surface area contributed by atoms with Crippen LogP contribution in [0.15, 0.2) is 0 Å². The Balaban J connectivity index is 2.46. The van der Waals surface area contributed by atoms with Crippen molar-refractivity contribution in [2.24, 2.45) is 0 Å². The second kappa shape index (κ2) is 6.51. The molecule has 0 atom stereocenters. The van der Waals surface area contributed by atoms with Gasteiger partial charge in [-0.2, -0.15) is 0 Å². The second-order valence-corrected chi connectivity index (χ2v) is 4.79. The first-order chi connectivity index (χ1) is 8.04. The average molecular weight is 258 g/mol. The highest BCUT2D eigenvalue weighted by Crippen LogP contribution is 2.15. The van der Waals surface area contributed by atoms with Crippen molar-refractivity contribution in [1.29, 1.82) is 0 Å². The van der Waals surface area contributed by atoms with Crippen LogP contribution in [0.4, 0.5) is 5.13 Å². The Morgan fingerprint density at radius 3 is 2.76 bits per heavy atom. The van der Waals surface area contributed by atoms with Crippen LogP contribution in [0.5, 0.6) is 0 Å². The van der Waals surface area contributed by atoms with Gasteiger partial charge in [-0.1, -0.05) is 11.3 Å². The van der Waals surface area contributed by atoms with Crippen LogP contribution in [0.1, 0.15) is 23.6 Å². The van der Waals surface area contributed by atoms with Crippen LogP contribution in [-0.2, 0) is 4.74 Å². The molecule has 6 nitrogen and oxygen atoms in total. The molecule has 96 valence electrons. The van der Waals surface area contributed by atoms with E-state index in [1.54, 1.807) is 19.0 Å². The van der Waals surface area contributed by atoms with Gasteiger partial charge in [0.05, 0.1) is 12.7 Å². The zero-order chi connectivity index (χ0) is 12.8. The lowest BCUT2D eigenvalue weighted by Gasteiger charge is -2.16. The Morgan fingerprint density at radius 1 is 1.53 bits per heavy atom. The number of nitrogens with zero attached hydrogens (tertiary/aromatic N) is 3. The molecule has 1 aromatic heterocycles. The summed E-state index contributed by atoms with van der Waals surface area (Å²) >= 11 is 1.24. The van der Waals surface area contributed by atoms with Crippen molar-refractivity contribution in [2.75, 3.05) is 32.6 Å². The molecule has 17 heavy (non-hydrogen) atoms. The number of likely N-dealkylation sites (N-methyl/N-ethyl adjacent to an activating group) is 1. The third-order valence-electron chi connectivity index (χ3n) is 2.05. The first-order valence-corrected chi connectivity index (χ1v) is 6.24. The summed E-state index contributed by atoms with van der Waals surface area (Å²) in [5, 5.41) is 11.5. The maximum atomic E-state index is 11.9. The van der Waals surface area contributed by atoms with Crippen LogP contribution in [0.25, 0.3) is 0 Å². The number of anilines is 1.